The van der Waals surface area contributed by atoms with Gasteiger partial charge in [0.2, 0.25) is 0 Å². The average Bonchev–Trinajstić information content (AvgIpc) is 3.48. The molecule has 4 aliphatic carbocycles. The molecule has 4 unspecified atom stereocenters. The second-order valence-corrected chi connectivity index (χ2v) is 12.7. The third kappa shape index (κ3) is 3.75. The third-order valence-electron chi connectivity index (χ3n) is 9.96. The lowest BCUT2D eigenvalue weighted by Crippen LogP contribution is -2.43. The topological polar surface area (TPSA) is 3.24 Å². The van der Waals surface area contributed by atoms with Gasteiger partial charge in [0.05, 0.1) is 5.54 Å². The normalized spacial score (nSPS) is 26.9. The molecule has 0 N–H and O–H groups in total. The number of anilines is 2. The lowest BCUT2D eigenvalue weighted by Gasteiger charge is -2.43. The molecule has 41 heavy (non-hydrogen) atoms. The largest absolute Gasteiger partial charge is 0.332 e. The van der Waals surface area contributed by atoms with E-state index in [2.05, 4.69) is 158 Å². The summed E-state index contributed by atoms with van der Waals surface area (Å²) in [5.74, 6) is 0.753. The van der Waals surface area contributed by atoms with Crippen LogP contribution in [-0.2, 0) is 0 Å². The Morgan fingerprint density at radius 1 is 0.659 bits per heavy atom. The molecule has 4 aromatic carbocycles. The molecule has 4 aliphatic rings. The van der Waals surface area contributed by atoms with Crippen molar-refractivity contribution in [1.29, 1.82) is 0 Å². The fourth-order valence-electron chi connectivity index (χ4n) is 8.13. The second kappa shape index (κ2) is 9.08. The van der Waals surface area contributed by atoms with Gasteiger partial charge in [0, 0.05) is 23.2 Å². The first-order chi connectivity index (χ1) is 20.0. The molecule has 0 amide bonds. The minimum atomic E-state index is -0.178. The molecular formula is C40H35N. The van der Waals surface area contributed by atoms with E-state index < -0.39 is 0 Å². The van der Waals surface area contributed by atoms with Crippen LogP contribution in [0.2, 0.25) is 0 Å². The number of allylic oxidation sites excluding steroid dienone is 6. The summed E-state index contributed by atoms with van der Waals surface area (Å²) in [4.78, 5) is 2.59. The molecule has 1 nitrogen and oxygen atoms in total. The van der Waals surface area contributed by atoms with E-state index >= 15 is 0 Å². The summed E-state index contributed by atoms with van der Waals surface area (Å²) < 4.78 is 0. The van der Waals surface area contributed by atoms with Gasteiger partial charge in [-0.2, -0.15) is 0 Å². The number of para-hydroxylation sites is 1. The average molecular weight is 530 g/mol. The molecule has 0 bridgehead atoms. The molecule has 0 heterocycles. The van der Waals surface area contributed by atoms with E-state index in [0.717, 1.165) is 12.8 Å². The minimum absolute atomic E-state index is 0.178. The Morgan fingerprint density at radius 3 is 2.22 bits per heavy atom. The summed E-state index contributed by atoms with van der Waals surface area (Å²) in [6, 6.07) is 38.1. The number of nitrogens with zero attached hydrogens (tertiary/aromatic N) is 1. The zero-order valence-electron chi connectivity index (χ0n) is 23.8. The Labute approximate surface area is 243 Å². The van der Waals surface area contributed by atoms with E-state index in [1.54, 1.807) is 5.57 Å². The Balaban J connectivity index is 1.24. The van der Waals surface area contributed by atoms with Gasteiger partial charge in [-0.15, -0.1) is 0 Å². The Morgan fingerprint density at radius 2 is 1.39 bits per heavy atom. The molecule has 0 spiro atoms. The first-order valence-corrected chi connectivity index (χ1v) is 14.9. The van der Waals surface area contributed by atoms with E-state index in [1.807, 2.05) is 0 Å². The van der Waals surface area contributed by atoms with Gasteiger partial charge in [0.15, 0.2) is 0 Å². The van der Waals surface area contributed by atoms with Gasteiger partial charge < -0.3 is 4.90 Å². The second-order valence-electron chi connectivity index (χ2n) is 12.7. The third-order valence-corrected chi connectivity index (χ3v) is 9.96. The van der Waals surface area contributed by atoms with Crippen LogP contribution in [0.1, 0.15) is 49.3 Å². The Kier molecular flexibility index (Phi) is 5.41. The highest BCUT2D eigenvalue weighted by Crippen LogP contribution is 2.56. The van der Waals surface area contributed by atoms with Gasteiger partial charge in [-0.05, 0) is 82.8 Å². The summed E-state index contributed by atoms with van der Waals surface area (Å²) in [6.45, 7) is 4.85. The van der Waals surface area contributed by atoms with Crippen molar-refractivity contribution >= 4 is 11.4 Å². The SMILES string of the molecule is CC12C=CC=CC1C1=C(C2)CC(C)(N(c2ccccc2)c2ccc3c(c2)-c2ccccc2C3c2ccccc2)C=C1. The van der Waals surface area contributed by atoms with Crippen molar-refractivity contribution < 1.29 is 0 Å². The lowest BCUT2D eigenvalue weighted by molar-refractivity contribution is 0.372. The molecular weight excluding hydrogens is 494 g/mol. The van der Waals surface area contributed by atoms with Crippen LogP contribution in [0.25, 0.3) is 11.1 Å². The van der Waals surface area contributed by atoms with E-state index in [0.29, 0.717) is 5.92 Å². The highest BCUT2D eigenvalue weighted by molar-refractivity contribution is 5.84. The highest BCUT2D eigenvalue weighted by Gasteiger charge is 2.46. The predicted molar refractivity (Wildman–Crippen MR) is 172 cm³/mol. The molecule has 200 valence electrons. The van der Waals surface area contributed by atoms with Crippen LogP contribution in [0, 0.1) is 11.3 Å². The summed E-state index contributed by atoms with van der Waals surface area (Å²) in [5.41, 5.74) is 12.5. The van der Waals surface area contributed by atoms with Gasteiger partial charge in [-0.1, -0.05) is 128 Å². The number of benzene rings is 4. The molecule has 8 rings (SSSR count). The van der Waals surface area contributed by atoms with Crippen molar-refractivity contribution in [3.05, 3.63) is 167 Å². The Hall–Kier alpha value is -4.36. The van der Waals surface area contributed by atoms with Crippen molar-refractivity contribution in [1.82, 2.24) is 0 Å². The van der Waals surface area contributed by atoms with Crippen molar-refractivity contribution in [2.75, 3.05) is 4.90 Å². The van der Waals surface area contributed by atoms with Gasteiger partial charge in [0.1, 0.15) is 0 Å². The van der Waals surface area contributed by atoms with Crippen LogP contribution in [0.4, 0.5) is 11.4 Å². The maximum atomic E-state index is 2.59. The number of hydrogen-bond donors (Lipinski definition) is 0. The molecule has 4 atom stereocenters. The zero-order valence-corrected chi connectivity index (χ0v) is 23.8. The molecule has 0 aromatic heterocycles. The van der Waals surface area contributed by atoms with E-state index in [4.69, 9.17) is 0 Å². The number of rotatable bonds is 4. The molecule has 0 fully saturated rings. The Bertz CT molecular complexity index is 1770. The van der Waals surface area contributed by atoms with Crippen molar-refractivity contribution in [3.8, 4) is 11.1 Å². The summed E-state index contributed by atoms with van der Waals surface area (Å²) in [5, 5.41) is 0. The van der Waals surface area contributed by atoms with E-state index in [-0.39, 0.29) is 16.9 Å². The van der Waals surface area contributed by atoms with Crippen molar-refractivity contribution in [3.63, 3.8) is 0 Å². The predicted octanol–water partition coefficient (Wildman–Crippen LogP) is 10.2. The smallest absolute Gasteiger partial charge is 0.0645 e. The fourth-order valence-corrected chi connectivity index (χ4v) is 8.13. The fraction of sp³-hybridized carbons (Fsp3) is 0.200. The number of fused-ring (bicyclic) bond motifs is 5. The van der Waals surface area contributed by atoms with Gasteiger partial charge >= 0.3 is 0 Å². The van der Waals surface area contributed by atoms with Gasteiger partial charge in [0.25, 0.3) is 0 Å². The summed E-state index contributed by atoms with van der Waals surface area (Å²) >= 11 is 0. The molecule has 0 saturated carbocycles. The molecule has 0 aliphatic heterocycles. The van der Waals surface area contributed by atoms with Crippen LogP contribution in [0.5, 0.6) is 0 Å². The van der Waals surface area contributed by atoms with Gasteiger partial charge in [-0.3, -0.25) is 0 Å². The first kappa shape index (κ1) is 24.4. The van der Waals surface area contributed by atoms with Crippen LogP contribution in [0.3, 0.4) is 0 Å². The summed E-state index contributed by atoms with van der Waals surface area (Å²) in [7, 11) is 0. The van der Waals surface area contributed by atoms with Gasteiger partial charge in [-0.25, -0.2) is 0 Å². The molecule has 0 radical (unpaired) electrons. The van der Waals surface area contributed by atoms with Crippen LogP contribution >= 0.6 is 0 Å². The number of hydrogen-bond acceptors (Lipinski definition) is 1. The first-order valence-electron chi connectivity index (χ1n) is 14.9. The molecule has 1 heteroatoms. The maximum Gasteiger partial charge on any atom is 0.0645 e. The van der Waals surface area contributed by atoms with Crippen LogP contribution in [-0.4, -0.2) is 5.54 Å². The van der Waals surface area contributed by atoms with E-state index in [1.165, 1.54) is 44.8 Å². The maximum absolute atomic E-state index is 2.59. The minimum Gasteiger partial charge on any atom is -0.332 e. The highest BCUT2D eigenvalue weighted by atomic mass is 15.2. The lowest BCUT2D eigenvalue weighted by atomic mass is 9.74. The monoisotopic (exact) mass is 529 g/mol. The molecule has 0 saturated heterocycles. The van der Waals surface area contributed by atoms with Crippen molar-refractivity contribution in [2.45, 2.75) is 38.1 Å². The molecule has 4 aromatic rings. The quantitative estimate of drug-likeness (QED) is 0.224. The van der Waals surface area contributed by atoms with Crippen LogP contribution in [0.15, 0.2) is 151 Å². The summed E-state index contributed by atoms with van der Waals surface area (Å²) in [6.07, 6.45) is 16.4. The van der Waals surface area contributed by atoms with Crippen LogP contribution < -0.4 is 4.90 Å². The van der Waals surface area contributed by atoms with E-state index in [9.17, 15) is 0 Å². The standard InChI is InChI=1S/C40H35N/c1-39-23-12-11-19-37(39)32-22-24-40(2,27-29(32)26-39)41(30-15-7-4-8-16-30)31-20-21-35-36(25-31)33-17-9-10-18-34(33)38(35)28-13-5-3-6-14-28/h3-25,37-38H,26-27H2,1-2H3. The van der Waals surface area contributed by atoms with Crippen molar-refractivity contribution in [2.24, 2.45) is 11.3 Å². The zero-order chi connectivity index (χ0) is 27.6.